The minimum atomic E-state index is -4.47. The molecule has 0 aliphatic heterocycles. The number of halogens is 3. The maximum atomic E-state index is 13.1. The van der Waals surface area contributed by atoms with Crippen LogP contribution in [0.2, 0.25) is 0 Å². The fraction of sp³-hybridized carbons (Fsp3) is 0.143. The lowest BCUT2D eigenvalue weighted by Crippen LogP contribution is -2.23. The second kappa shape index (κ2) is 8.12. The molecule has 144 valence electrons. The molecule has 0 spiro atoms. The first-order valence-electron chi connectivity index (χ1n) is 8.56. The third-order valence-corrected chi connectivity index (χ3v) is 4.04. The number of hydrogen-bond acceptors (Lipinski definition) is 3. The summed E-state index contributed by atoms with van der Waals surface area (Å²) in [6, 6.07) is 15.9. The SMILES string of the molecule is Cc1cccc(CNC(=O)c2ccc(Nc3ccccc3C(F)(F)F)cn2)c1. The van der Waals surface area contributed by atoms with Crippen molar-refractivity contribution in [2.45, 2.75) is 19.6 Å². The van der Waals surface area contributed by atoms with Gasteiger partial charge in [-0.15, -0.1) is 0 Å². The van der Waals surface area contributed by atoms with Crippen LogP contribution in [0.25, 0.3) is 0 Å². The maximum absolute atomic E-state index is 13.1. The van der Waals surface area contributed by atoms with Crippen LogP contribution in [0.5, 0.6) is 0 Å². The van der Waals surface area contributed by atoms with Crippen molar-refractivity contribution in [2.24, 2.45) is 0 Å². The summed E-state index contributed by atoms with van der Waals surface area (Å²) in [5.41, 5.74) is 1.76. The van der Waals surface area contributed by atoms with Gasteiger partial charge in [0.1, 0.15) is 5.69 Å². The van der Waals surface area contributed by atoms with Gasteiger partial charge in [0.15, 0.2) is 0 Å². The molecule has 1 heterocycles. The van der Waals surface area contributed by atoms with Crippen LogP contribution < -0.4 is 10.6 Å². The Labute approximate surface area is 160 Å². The number of aryl methyl sites for hydroxylation is 1. The lowest BCUT2D eigenvalue weighted by molar-refractivity contribution is -0.136. The van der Waals surface area contributed by atoms with Gasteiger partial charge >= 0.3 is 6.18 Å². The molecule has 0 radical (unpaired) electrons. The molecule has 4 nitrogen and oxygen atoms in total. The lowest BCUT2D eigenvalue weighted by atomic mass is 10.1. The Morgan fingerprint density at radius 1 is 1.04 bits per heavy atom. The van der Waals surface area contributed by atoms with Crippen LogP contribution in [0.15, 0.2) is 66.9 Å². The van der Waals surface area contributed by atoms with Crippen LogP contribution in [-0.4, -0.2) is 10.9 Å². The smallest absolute Gasteiger partial charge is 0.354 e. The monoisotopic (exact) mass is 385 g/mol. The van der Waals surface area contributed by atoms with E-state index in [1.807, 2.05) is 31.2 Å². The molecule has 0 aliphatic carbocycles. The van der Waals surface area contributed by atoms with Crippen LogP contribution >= 0.6 is 0 Å². The molecule has 0 bridgehead atoms. The molecule has 0 saturated carbocycles. The number of carbonyl (C=O) groups is 1. The zero-order valence-electron chi connectivity index (χ0n) is 15.0. The maximum Gasteiger partial charge on any atom is 0.418 e. The zero-order chi connectivity index (χ0) is 20.1. The molecule has 2 aromatic carbocycles. The number of alkyl halides is 3. The van der Waals surface area contributed by atoms with Crippen molar-refractivity contribution in [3.63, 3.8) is 0 Å². The summed E-state index contributed by atoms with van der Waals surface area (Å²) in [7, 11) is 0. The molecule has 3 rings (SSSR count). The van der Waals surface area contributed by atoms with Crippen molar-refractivity contribution >= 4 is 17.3 Å². The Kier molecular flexibility index (Phi) is 5.63. The van der Waals surface area contributed by atoms with Gasteiger partial charge in [-0.25, -0.2) is 4.98 Å². The molecule has 1 amide bonds. The molecular weight excluding hydrogens is 367 g/mol. The normalized spacial score (nSPS) is 11.1. The third-order valence-electron chi connectivity index (χ3n) is 4.04. The van der Waals surface area contributed by atoms with Gasteiger partial charge in [0.05, 0.1) is 23.1 Å². The van der Waals surface area contributed by atoms with Crippen molar-refractivity contribution in [3.05, 3.63) is 89.2 Å². The highest BCUT2D eigenvalue weighted by molar-refractivity contribution is 5.92. The number of rotatable bonds is 5. The van der Waals surface area contributed by atoms with Crippen LogP contribution in [0.4, 0.5) is 24.5 Å². The van der Waals surface area contributed by atoms with Gasteiger partial charge in [-0.05, 0) is 36.8 Å². The highest BCUT2D eigenvalue weighted by Gasteiger charge is 2.33. The number of benzene rings is 2. The lowest BCUT2D eigenvalue weighted by Gasteiger charge is -2.14. The largest absolute Gasteiger partial charge is 0.418 e. The summed E-state index contributed by atoms with van der Waals surface area (Å²) in [5, 5.41) is 5.47. The van der Waals surface area contributed by atoms with E-state index in [9.17, 15) is 18.0 Å². The Morgan fingerprint density at radius 3 is 2.50 bits per heavy atom. The summed E-state index contributed by atoms with van der Waals surface area (Å²) in [6.07, 6.45) is -3.14. The topological polar surface area (TPSA) is 54.0 Å². The third kappa shape index (κ3) is 4.88. The number of anilines is 2. The predicted molar refractivity (Wildman–Crippen MR) is 101 cm³/mol. The Bertz CT molecular complexity index is 969. The van der Waals surface area contributed by atoms with E-state index < -0.39 is 11.7 Å². The standard InChI is InChI=1S/C21H18F3N3O/c1-14-5-4-6-15(11-14)12-26-20(28)19-10-9-16(13-25-19)27-18-8-3-2-7-17(18)21(22,23)24/h2-11,13,27H,12H2,1H3,(H,26,28). The van der Waals surface area contributed by atoms with Gasteiger partial charge in [-0.1, -0.05) is 42.0 Å². The molecule has 3 aromatic rings. The highest BCUT2D eigenvalue weighted by atomic mass is 19.4. The second-order valence-corrected chi connectivity index (χ2v) is 6.27. The first kappa shape index (κ1) is 19.4. The van der Waals surface area contributed by atoms with Gasteiger partial charge in [-0.2, -0.15) is 13.2 Å². The zero-order valence-corrected chi connectivity index (χ0v) is 15.0. The van der Waals surface area contributed by atoms with Crippen LogP contribution in [0.1, 0.15) is 27.2 Å². The number of carbonyl (C=O) groups excluding carboxylic acids is 1. The van der Waals surface area contributed by atoms with E-state index in [0.717, 1.165) is 17.2 Å². The molecule has 28 heavy (non-hydrogen) atoms. The van der Waals surface area contributed by atoms with Crippen molar-refractivity contribution in [3.8, 4) is 0 Å². The van der Waals surface area contributed by atoms with E-state index in [4.69, 9.17) is 0 Å². The van der Waals surface area contributed by atoms with E-state index in [1.54, 1.807) is 0 Å². The summed E-state index contributed by atoms with van der Waals surface area (Å²) < 4.78 is 39.2. The Balaban J connectivity index is 1.66. The molecule has 2 N–H and O–H groups in total. The molecule has 0 saturated heterocycles. The first-order valence-corrected chi connectivity index (χ1v) is 8.56. The van der Waals surface area contributed by atoms with Gasteiger partial charge in [0.2, 0.25) is 0 Å². The van der Waals surface area contributed by atoms with E-state index in [0.29, 0.717) is 12.2 Å². The number of pyridine rings is 1. The fourth-order valence-corrected chi connectivity index (χ4v) is 2.69. The average molecular weight is 385 g/mol. The Hall–Kier alpha value is -3.35. The fourth-order valence-electron chi connectivity index (χ4n) is 2.69. The molecule has 0 unspecified atom stereocenters. The minimum Gasteiger partial charge on any atom is -0.354 e. The summed E-state index contributed by atoms with van der Waals surface area (Å²) in [5.74, 6) is -0.358. The number of para-hydroxylation sites is 1. The molecule has 0 fully saturated rings. The molecular formula is C21H18F3N3O. The minimum absolute atomic E-state index is 0.0755. The molecule has 0 aliphatic rings. The second-order valence-electron chi connectivity index (χ2n) is 6.27. The van der Waals surface area contributed by atoms with E-state index >= 15 is 0 Å². The van der Waals surface area contributed by atoms with Crippen molar-refractivity contribution in [1.82, 2.24) is 10.3 Å². The Morgan fingerprint density at radius 2 is 1.82 bits per heavy atom. The van der Waals surface area contributed by atoms with Crippen LogP contribution in [0.3, 0.4) is 0 Å². The van der Waals surface area contributed by atoms with Gasteiger partial charge in [0, 0.05) is 6.54 Å². The summed E-state index contributed by atoms with van der Waals surface area (Å²) in [6.45, 7) is 2.33. The molecule has 0 atom stereocenters. The number of aromatic nitrogens is 1. The van der Waals surface area contributed by atoms with Crippen LogP contribution in [0, 0.1) is 6.92 Å². The summed E-state index contributed by atoms with van der Waals surface area (Å²) >= 11 is 0. The van der Waals surface area contributed by atoms with Gasteiger partial charge in [-0.3, -0.25) is 4.79 Å². The highest BCUT2D eigenvalue weighted by Crippen LogP contribution is 2.35. The molecule has 7 heteroatoms. The average Bonchev–Trinajstić information content (AvgIpc) is 2.66. The predicted octanol–water partition coefficient (Wildman–Crippen LogP) is 5.08. The number of nitrogens with one attached hydrogen (secondary N) is 2. The number of hydrogen-bond donors (Lipinski definition) is 2. The van der Waals surface area contributed by atoms with Crippen molar-refractivity contribution in [2.75, 3.05) is 5.32 Å². The van der Waals surface area contributed by atoms with E-state index in [1.165, 1.54) is 36.5 Å². The number of amides is 1. The number of nitrogens with zero attached hydrogens (tertiary/aromatic N) is 1. The van der Waals surface area contributed by atoms with Gasteiger partial charge < -0.3 is 10.6 Å². The van der Waals surface area contributed by atoms with Crippen LogP contribution in [-0.2, 0) is 12.7 Å². The quantitative estimate of drug-likeness (QED) is 0.644. The summed E-state index contributed by atoms with van der Waals surface area (Å²) in [4.78, 5) is 16.3. The van der Waals surface area contributed by atoms with Crippen molar-refractivity contribution < 1.29 is 18.0 Å². The first-order chi connectivity index (χ1) is 13.3. The van der Waals surface area contributed by atoms with E-state index in [-0.39, 0.29) is 17.3 Å². The molecule has 1 aromatic heterocycles. The van der Waals surface area contributed by atoms with E-state index in [2.05, 4.69) is 15.6 Å². The van der Waals surface area contributed by atoms with Gasteiger partial charge in [0.25, 0.3) is 5.91 Å². The van der Waals surface area contributed by atoms with Crippen molar-refractivity contribution in [1.29, 1.82) is 0 Å².